The van der Waals surface area contributed by atoms with Crippen molar-refractivity contribution in [3.8, 4) is 0 Å². The van der Waals surface area contributed by atoms with Gasteiger partial charge in [-0.15, -0.1) is 0 Å². The van der Waals surface area contributed by atoms with E-state index in [9.17, 15) is 9.59 Å². The van der Waals surface area contributed by atoms with E-state index in [2.05, 4.69) is 12.2 Å². The Kier molecular flexibility index (Phi) is 5.58. The fourth-order valence-electron chi connectivity index (χ4n) is 2.95. The summed E-state index contributed by atoms with van der Waals surface area (Å²) in [5.41, 5.74) is 0.207. The van der Waals surface area contributed by atoms with Crippen LogP contribution in [0.5, 0.6) is 0 Å². The molecular formula is C18H25NO3. The van der Waals surface area contributed by atoms with E-state index < -0.39 is 5.41 Å². The highest BCUT2D eigenvalue weighted by atomic mass is 16.5. The van der Waals surface area contributed by atoms with Gasteiger partial charge in [0.2, 0.25) is 5.91 Å². The SMILES string of the molecule is CCCCC[C@@H]1NC(=O)C[C@]1(C)C(=O)OCc1ccccc1. The average molecular weight is 303 g/mol. The number of esters is 1. The third-order valence-electron chi connectivity index (χ3n) is 4.41. The topological polar surface area (TPSA) is 55.4 Å². The first-order chi connectivity index (χ1) is 10.6. The molecule has 1 N–H and O–H groups in total. The summed E-state index contributed by atoms with van der Waals surface area (Å²) in [7, 11) is 0. The summed E-state index contributed by atoms with van der Waals surface area (Å²) in [6.45, 7) is 4.24. The van der Waals surface area contributed by atoms with Gasteiger partial charge in [0, 0.05) is 12.5 Å². The van der Waals surface area contributed by atoms with Gasteiger partial charge in [-0.25, -0.2) is 0 Å². The van der Waals surface area contributed by atoms with E-state index >= 15 is 0 Å². The molecule has 22 heavy (non-hydrogen) atoms. The summed E-state index contributed by atoms with van der Waals surface area (Å²) < 4.78 is 5.47. The second-order valence-electron chi connectivity index (χ2n) is 6.27. The van der Waals surface area contributed by atoms with E-state index in [-0.39, 0.29) is 30.9 Å². The molecule has 1 amide bonds. The highest BCUT2D eigenvalue weighted by Crippen LogP contribution is 2.36. The van der Waals surface area contributed by atoms with Gasteiger partial charge in [0.1, 0.15) is 6.61 Å². The highest BCUT2D eigenvalue weighted by Gasteiger charge is 2.49. The first kappa shape index (κ1) is 16.5. The predicted molar refractivity (Wildman–Crippen MR) is 85.0 cm³/mol. The summed E-state index contributed by atoms with van der Waals surface area (Å²) in [6.07, 6.45) is 4.30. The van der Waals surface area contributed by atoms with Crippen molar-refractivity contribution in [2.24, 2.45) is 5.41 Å². The van der Waals surface area contributed by atoms with Crippen molar-refractivity contribution in [2.45, 2.75) is 58.6 Å². The zero-order valence-corrected chi connectivity index (χ0v) is 13.4. The largest absolute Gasteiger partial charge is 0.460 e. The Labute approximate surface area is 132 Å². The monoisotopic (exact) mass is 303 g/mol. The molecule has 0 spiro atoms. The van der Waals surface area contributed by atoms with E-state index in [4.69, 9.17) is 4.74 Å². The molecule has 0 unspecified atom stereocenters. The molecule has 120 valence electrons. The number of rotatable bonds is 7. The molecular weight excluding hydrogens is 278 g/mol. The zero-order valence-electron chi connectivity index (χ0n) is 13.4. The Hall–Kier alpha value is -1.84. The van der Waals surface area contributed by atoms with E-state index in [0.717, 1.165) is 31.2 Å². The van der Waals surface area contributed by atoms with Crippen molar-refractivity contribution in [1.82, 2.24) is 5.32 Å². The fraction of sp³-hybridized carbons (Fsp3) is 0.556. The lowest BCUT2D eigenvalue weighted by Crippen LogP contribution is -2.41. The van der Waals surface area contributed by atoms with Gasteiger partial charge < -0.3 is 10.1 Å². The number of ether oxygens (including phenoxy) is 1. The van der Waals surface area contributed by atoms with Gasteiger partial charge in [-0.3, -0.25) is 9.59 Å². The minimum Gasteiger partial charge on any atom is -0.460 e. The summed E-state index contributed by atoms with van der Waals surface area (Å²) in [4.78, 5) is 24.3. The Balaban J connectivity index is 1.96. The molecule has 0 aromatic heterocycles. The molecule has 0 saturated carbocycles. The van der Waals surface area contributed by atoms with Gasteiger partial charge in [0.15, 0.2) is 0 Å². The normalized spacial score (nSPS) is 24.1. The number of nitrogens with one attached hydrogen (secondary N) is 1. The Morgan fingerprint density at radius 1 is 1.32 bits per heavy atom. The van der Waals surface area contributed by atoms with E-state index in [1.807, 2.05) is 37.3 Å². The van der Waals surface area contributed by atoms with Crippen molar-refractivity contribution in [1.29, 1.82) is 0 Å². The van der Waals surface area contributed by atoms with Gasteiger partial charge in [0.05, 0.1) is 5.41 Å². The zero-order chi connectivity index (χ0) is 16.0. The van der Waals surface area contributed by atoms with Gasteiger partial charge in [0.25, 0.3) is 0 Å². The van der Waals surface area contributed by atoms with Crippen LogP contribution in [0.1, 0.15) is 51.5 Å². The van der Waals surface area contributed by atoms with E-state index in [0.29, 0.717) is 0 Å². The summed E-state index contributed by atoms with van der Waals surface area (Å²) in [5.74, 6) is -0.336. The molecule has 4 nitrogen and oxygen atoms in total. The number of carbonyl (C=O) groups excluding carboxylic acids is 2. The molecule has 1 saturated heterocycles. The second kappa shape index (κ2) is 7.43. The van der Waals surface area contributed by atoms with Crippen LogP contribution in [0.25, 0.3) is 0 Å². The average Bonchev–Trinajstić information content (AvgIpc) is 2.81. The van der Waals surface area contributed by atoms with Crippen LogP contribution in [0.3, 0.4) is 0 Å². The lowest BCUT2D eigenvalue weighted by molar-refractivity contribution is -0.157. The summed E-state index contributed by atoms with van der Waals surface area (Å²) in [6, 6.07) is 9.49. The third kappa shape index (κ3) is 3.87. The van der Waals surface area contributed by atoms with Crippen LogP contribution >= 0.6 is 0 Å². The lowest BCUT2D eigenvalue weighted by Gasteiger charge is -2.28. The van der Waals surface area contributed by atoms with Crippen molar-refractivity contribution in [3.63, 3.8) is 0 Å². The number of unbranched alkanes of at least 4 members (excludes halogenated alkanes) is 2. The molecule has 1 aromatic rings. The van der Waals surface area contributed by atoms with Gasteiger partial charge in [-0.2, -0.15) is 0 Å². The van der Waals surface area contributed by atoms with Gasteiger partial charge in [-0.05, 0) is 18.9 Å². The highest BCUT2D eigenvalue weighted by molar-refractivity contribution is 5.90. The molecule has 1 aromatic carbocycles. The number of hydrogen-bond acceptors (Lipinski definition) is 3. The quantitative estimate of drug-likeness (QED) is 0.621. The van der Waals surface area contributed by atoms with Crippen LogP contribution in [0.2, 0.25) is 0 Å². The minimum absolute atomic E-state index is 0.0549. The number of carbonyl (C=O) groups is 2. The molecule has 1 fully saturated rings. The van der Waals surface area contributed by atoms with Crippen LogP contribution in [-0.2, 0) is 20.9 Å². The van der Waals surface area contributed by atoms with Crippen LogP contribution < -0.4 is 5.32 Å². The molecule has 0 bridgehead atoms. The van der Waals surface area contributed by atoms with Gasteiger partial charge in [-0.1, -0.05) is 56.5 Å². The maximum atomic E-state index is 12.5. The smallest absolute Gasteiger partial charge is 0.314 e. The van der Waals surface area contributed by atoms with E-state index in [1.54, 1.807) is 0 Å². The Morgan fingerprint density at radius 3 is 2.73 bits per heavy atom. The van der Waals surface area contributed by atoms with Crippen LogP contribution in [0.15, 0.2) is 30.3 Å². The number of hydrogen-bond donors (Lipinski definition) is 1. The maximum absolute atomic E-state index is 12.5. The summed E-state index contributed by atoms with van der Waals surface area (Å²) in [5, 5.41) is 2.94. The molecule has 2 rings (SSSR count). The Morgan fingerprint density at radius 2 is 2.05 bits per heavy atom. The van der Waals surface area contributed by atoms with Crippen LogP contribution in [0.4, 0.5) is 0 Å². The number of benzene rings is 1. The fourth-order valence-corrected chi connectivity index (χ4v) is 2.95. The minimum atomic E-state index is -0.750. The molecule has 0 radical (unpaired) electrons. The third-order valence-corrected chi connectivity index (χ3v) is 4.41. The van der Waals surface area contributed by atoms with Crippen molar-refractivity contribution in [2.75, 3.05) is 0 Å². The number of amides is 1. The van der Waals surface area contributed by atoms with Crippen molar-refractivity contribution in [3.05, 3.63) is 35.9 Å². The van der Waals surface area contributed by atoms with E-state index in [1.165, 1.54) is 0 Å². The standard InChI is InChI=1S/C18H25NO3/c1-3-4-6-11-15-18(2,12-16(20)19-15)17(21)22-13-14-9-7-5-8-10-14/h5,7-10,15H,3-4,6,11-13H2,1-2H3,(H,19,20)/t15-,18-/m0/s1. The van der Waals surface area contributed by atoms with Crippen molar-refractivity contribution >= 4 is 11.9 Å². The van der Waals surface area contributed by atoms with Crippen LogP contribution in [-0.4, -0.2) is 17.9 Å². The maximum Gasteiger partial charge on any atom is 0.314 e. The predicted octanol–water partition coefficient (Wildman–Crippen LogP) is 3.20. The molecule has 4 heteroatoms. The first-order valence-corrected chi connectivity index (χ1v) is 8.07. The summed E-state index contributed by atoms with van der Waals surface area (Å²) >= 11 is 0. The molecule has 1 aliphatic heterocycles. The van der Waals surface area contributed by atoms with Crippen LogP contribution in [0, 0.1) is 5.41 Å². The molecule has 0 aliphatic carbocycles. The lowest BCUT2D eigenvalue weighted by atomic mass is 9.80. The first-order valence-electron chi connectivity index (χ1n) is 8.07. The van der Waals surface area contributed by atoms with Gasteiger partial charge >= 0.3 is 5.97 Å². The Bertz CT molecular complexity index is 514. The molecule has 1 heterocycles. The molecule has 2 atom stereocenters. The van der Waals surface area contributed by atoms with Crippen molar-refractivity contribution < 1.29 is 14.3 Å². The molecule has 1 aliphatic rings. The second-order valence-corrected chi connectivity index (χ2v) is 6.27.